The molecule has 0 radical (unpaired) electrons. The second kappa shape index (κ2) is 13.7. The first kappa shape index (κ1) is 34.8. The maximum atomic E-state index is 14.1. The summed E-state index contributed by atoms with van der Waals surface area (Å²) in [7, 11) is -7.49. The zero-order valence-electron chi connectivity index (χ0n) is 26.3. The molecule has 45 heavy (non-hydrogen) atoms. The monoisotopic (exact) mass is 660 g/mol. The van der Waals surface area contributed by atoms with Gasteiger partial charge in [0, 0.05) is 19.3 Å². The van der Waals surface area contributed by atoms with Crippen LogP contribution < -0.4 is 15.8 Å². The van der Waals surface area contributed by atoms with E-state index in [-0.39, 0.29) is 36.1 Å². The van der Waals surface area contributed by atoms with Crippen LogP contribution in [-0.4, -0.2) is 76.6 Å². The summed E-state index contributed by atoms with van der Waals surface area (Å²) in [6.45, 7) is 5.20. The van der Waals surface area contributed by atoms with Crippen LogP contribution in [0.1, 0.15) is 64.0 Å². The molecule has 4 N–H and O–H groups in total. The molecular formula is C32H44N4O7S2. The summed E-state index contributed by atoms with van der Waals surface area (Å²) in [6.07, 6.45) is 4.81. The number of carbonyl (C=O) groups is 2. The van der Waals surface area contributed by atoms with Crippen molar-refractivity contribution in [3.05, 3.63) is 71.3 Å². The van der Waals surface area contributed by atoms with E-state index in [0.29, 0.717) is 24.0 Å². The Balaban J connectivity index is 1.71. The lowest BCUT2D eigenvalue weighted by molar-refractivity contribution is -0.139. The molecule has 2 aromatic rings. The van der Waals surface area contributed by atoms with Crippen LogP contribution >= 0.6 is 0 Å². The van der Waals surface area contributed by atoms with Gasteiger partial charge in [0.1, 0.15) is 6.04 Å². The normalized spacial score (nSPS) is 18.5. The van der Waals surface area contributed by atoms with Gasteiger partial charge in [0.05, 0.1) is 34.1 Å². The van der Waals surface area contributed by atoms with Crippen molar-refractivity contribution in [2.24, 2.45) is 5.73 Å². The summed E-state index contributed by atoms with van der Waals surface area (Å²) < 4.78 is 60.5. The Bertz CT molecular complexity index is 1630. The average molecular weight is 661 g/mol. The highest BCUT2D eigenvalue weighted by Crippen LogP contribution is 2.46. The summed E-state index contributed by atoms with van der Waals surface area (Å²) in [5, 5.41) is 2.75. The molecule has 4 rings (SSSR count). The maximum absolute atomic E-state index is 14.1. The zero-order chi connectivity index (χ0) is 33.0. The molecule has 2 amide bonds. The van der Waals surface area contributed by atoms with Gasteiger partial charge in [0.15, 0.2) is 9.84 Å². The predicted octanol–water partition coefficient (Wildman–Crippen LogP) is 2.72. The Hall–Kier alpha value is -3.10. The minimum atomic E-state index is -4.00. The van der Waals surface area contributed by atoms with Gasteiger partial charge in [-0.25, -0.2) is 21.6 Å². The standard InChI is InChI=1S/C32H44N4O7S2/c1-5-36(29(37)27(34-30(38)31(2,3)33)22-43-21-23-12-8-6-9-13-23)20-26-28(24-14-16-25(17-15-24)44(4,39)40)45(41,42)35-32(26)18-10-7-11-19-32/h6,8-9,12-17,27,35H,5,7,10-11,18-22,33H2,1-4H3,(H,34,38)/t27-/m1/s1. The first-order valence-corrected chi connectivity index (χ1v) is 18.5. The molecule has 1 aliphatic carbocycles. The highest BCUT2D eigenvalue weighted by molar-refractivity contribution is 7.99. The molecule has 1 spiro atoms. The Labute approximate surface area is 266 Å². The Kier molecular flexibility index (Phi) is 10.6. The Morgan fingerprint density at radius 3 is 2.24 bits per heavy atom. The molecule has 0 saturated heterocycles. The van der Waals surface area contributed by atoms with Crippen LogP contribution in [0.2, 0.25) is 0 Å². The van der Waals surface area contributed by atoms with Gasteiger partial charge in [-0.15, -0.1) is 0 Å². The van der Waals surface area contributed by atoms with Crippen molar-refractivity contribution >= 4 is 36.6 Å². The number of ether oxygens (including phenoxy) is 1. The van der Waals surface area contributed by atoms with Gasteiger partial charge >= 0.3 is 0 Å². The van der Waals surface area contributed by atoms with Crippen molar-refractivity contribution in [2.45, 2.75) is 81.5 Å². The first-order chi connectivity index (χ1) is 21.1. The van der Waals surface area contributed by atoms with Crippen molar-refractivity contribution < 1.29 is 31.2 Å². The summed E-state index contributed by atoms with van der Waals surface area (Å²) in [4.78, 5) is 28.7. The molecule has 0 unspecified atom stereocenters. The fourth-order valence-corrected chi connectivity index (χ4v) is 8.46. The van der Waals surface area contributed by atoms with Gasteiger partial charge < -0.3 is 20.7 Å². The van der Waals surface area contributed by atoms with E-state index in [1.165, 1.54) is 29.2 Å². The highest BCUT2D eigenvalue weighted by Gasteiger charge is 2.50. The summed E-state index contributed by atoms with van der Waals surface area (Å²) in [5.74, 6) is -0.961. The molecule has 246 valence electrons. The second-order valence-electron chi connectivity index (χ2n) is 12.5. The van der Waals surface area contributed by atoms with Crippen LogP contribution in [0.15, 0.2) is 65.1 Å². The fourth-order valence-electron chi connectivity index (χ4n) is 5.86. The summed E-state index contributed by atoms with van der Waals surface area (Å²) in [6, 6.07) is 14.1. The number of sulfonamides is 1. The molecule has 1 aliphatic heterocycles. The SMILES string of the molecule is CCN(CC1=C(c2ccc(S(C)(=O)=O)cc2)S(=O)(=O)NC12CCCCC2)C(=O)[C@@H](COCc1ccccc1)NC(=O)C(C)(C)N. The van der Waals surface area contributed by atoms with E-state index in [0.717, 1.165) is 31.1 Å². The van der Waals surface area contributed by atoms with Gasteiger partial charge in [-0.2, -0.15) is 0 Å². The molecule has 0 bridgehead atoms. The number of benzene rings is 2. The van der Waals surface area contributed by atoms with Gasteiger partial charge in [0.25, 0.3) is 0 Å². The molecule has 11 nitrogen and oxygen atoms in total. The number of nitrogens with zero attached hydrogens (tertiary/aromatic N) is 1. The zero-order valence-corrected chi connectivity index (χ0v) is 28.0. The van der Waals surface area contributed by atoms with Crippen molar-refractivity contribution in [3.63, 3.8) is 0 Å². The van der Waals surface area contributed by atoms with Crippen LogP contribution in [0.4, 0.5) is 0 Å². The molecule has 0 aromatic heterocycles. The molecular weight excluding hydrogens is 617 g/mol. The van der Waals surface area contributed by atoms with Crippen LogP contribution in [-0.2, 0) is 40.8 Å². The fraction of sp³-hybridized carbons (Fsp3) is 0.500. The lowest BCUT2D eigenvalue weighted by atomic mass is 9.76. The number of likely N-dealkylation sites (N-methyl/N-ethyl adjacent to an activating group) is 1. The summed E-state index contributed by atoms with van der Waals surface area (Å²) >= 11 is 0. The number of rotatable bonds is 12. The van der Waals surface area contributed by atoms with E-state index in [2.05, 4.69) is 10.0 Å². The van der Waals surface area contributed by atoms with E-state index >= 15 is 0 Å². The quantitative estimate of drug-likeness (QED) is 0.313. The number of amides is 2. The number of hydrogen-bond acceptors (Lipinski definition) is 8. The number of carbonyl (C=O) groups excluding carboxylic acids is 2. The topological polar surface area (TPSA) is 165 Å². The lowest BCUT2D eigenvalue weighted by Gasteiger charge is -2.38. The number of nitrogens with two attached hydrogens (primary N) is 1. The van der Waals surface area contributed by atoms with Gasteiger partial charge in [-0.3, -0.25) is 9.59 Å². The van der Waals surface area contributed by atoms with E-state index in [1.54, 1.807) is 20.8 Å². The van der Waals surface area contributed by atoms with Crippen molar-refractivity contribution in [1.82, 2.24) is 14.9 Å². The smallest absolute Gasteiger partial charge is 0.247 e. The maximum Gasteiger partial charge on any atom is 0.247 e. The molecule has 1 saturated carbocycles. The number of sulfone groups is 1. The third-order valence-electron chi connectivity index (χ3n) is 8.33. The highest BCUT2D eigenvalue weighted by atomic mass is 32.2. The Morgan fingerprint density at radius 1 is 1.07 bits per heavy atom. The molecule has 13 heteroatoms. The van der Waals surface area contributed by atoms with Gasteiger partial charge in [-0.1, -0.05) is 61.7 Å². The lowest BCUT2D eigenvalue weighted by Crippen LogP contribution is -2.58. The largest absolute Gasteiger partial charge is 0.374 e. The Morgan fingerprint density at radius 2 is 1.69 bits per heavy atom. The first-order valence-electron chi connectivity index (χ1n) is 15.2. The predicted molar refractivity (Wildman–Crippen MR) is 173 cm³/mol. The van der Waals surface area contributed by atoms with Gasteiger partial charge in [-0.05, 0) is 62.4 Å². The number of hydrogen-bond donors (Lipinski definition) is 3. The third kappa shape index (κ3) is 8.20. The molecule has 2 aliphatic rings. The summed E-state index contributed by atoms with van der Waals surface area (Å²) in [5.41, 5.74) is 5.71. The minimum Gasteiger partial charge on any atom is -0.374 e. The van der Waals surface area contributed by atoms with E-state index in [1.807, 2.05) is 30.3 Å². The van der Waals surface area contributed by atoms with Crippen molar-refractivity contribution in [2.75, 3.05) is 26.0 Å². The second-order valence-corrected chi connectivity index (χ2v) is 16.1. The molecule has 1 fully saturated rings. The van der Waals surface area contributed by atoms with E-state index in [9.17, 15) is 26.4 Å². The van der Waals surface area contributed by atoms with E-state index < -0.39 is 48.8 Å². The molecule has 1 heterocycles. The van der Waals surface area contributed by atoms with E-state index in [4.69, 9.17) is 10.5 Å². The number of nitrogens with one attached hydrogen (secondary N) is 2. The van der Waals surface area contributed by atoms with Crippen LogP contribution in [0.25, 0.3) is 4.91 Å². The molecule has 2 aromatic carbocycles. The van der Waals surface area contributed by atoms with Crippen molar-refractivity contribution in [3.8, 4) is 0 Å². The van der Waals surface area contributed by atoms with Crippen LogP contribution in [0, 0.1) is 0 Å². The third-order valence-corrected chi connectivity index (χ3v) is 11.1. The van der Waals surface area contributed by atoms with Crippen LogP contribution in [0.5, 0.6) is 0 Å². The molecule has 1 atom stereocenters. The van der Waals surface area contributed by atoms with Crippen LogP contribution in [0.3, 0.4) is 0 Å². The minimum absolute atomic E-state index is 0.0121. The van der Waals surface area contributed by atoms with Crippen molar-refractivity contribution in [1.29, 1.82) is 0 Å². The average Bonchev–Trinajstić information content (AvgIpc) is 3.19. The van der Waals surface area contributed by atoms with Gasteiger partial charge in [0.2, 0.25) is 21.8 Å².